The van der Waals surface area contributed by atoms with Crippen LogP contribution in [0.25, 0.3) is 11.0 Å². The monoisotopic (exact) mass is 287 g/mol. The van der Waals surface area contributed by atoms with Gasteiger partial charge in [-0.15, -0.1) is 0 Å². The van der Waals surface area contributed by atoms with Crippen molar-refractivity contribution in [1.29, 1.82) is 0 Å². The molecule has 0 saturated carbocycles. The predicted molar refractivity (Wildman–Crippen MR) is 86.3 cm³/mol. The molecule has 0 aliphatic rings. The van der Waals surface area contributed by atoms with Crippen molar-refractivity contribution in [3.8, 4) is 0 Å². The molecule has 0 saturated heterocycles. The van der Waals surface area contributed by atoms with Crippen molar-refractivity contribution in [2.75, 3.05) is 6.54 Å². The van der Waals surface area contributed by atoms with Crippen LogP contribution in [0.1, 0.15) is 56.8 Å². The normalized spacial score (nSPS) is 11.8. The third kappa shape index (κ3) is 4.31. The maximum absolute atomic E-state index is 12.2. The second-order valence-corrected chi connectivity index (χ2v) is 6.44. The largest absolute Gasteiger partial charge is 0.352 e. The van der Waals surface area contributed by atoms with Crippen LogP contribution in [0.5, 0.6) is 0 Å². The minimum Gasteiger partial charge on any atom is -0.352 e. The maximum Gasteiger partial charge on any atom is 0.251 e. The average Bonchev–Trinajstić information content (AvgIpc) is 2.92. The number of carbonyl (C=O) groups is 1. The van der Waals surface area contributed by atoms with Gasteiger partial charge in [-0.25, -0.2) is 4.98 Å². The van der Waals surface area contributed by atoms with Crippen LogP contribution in [0.2, 0.25) is 0 Å². The summed E-state index contributed by atoms with van der Waals surface area (Å²) in [5, 5.41) is 3.05. The van der Waals surface area contributed by atoms with Crippen LogP contribution in [-0.2, 0) is 0 Å². The number of nitrogens with one attached hydrogen (secondary N) is 2. The van der Waals surface area contributed by atoms with Gasteiger partial charge in [0.25, 0.3) is 5.91 Å². The molecule has 0 aliphatic heterocycles. The van der Waals surface area contributed by atoms with Crippen LogP contribution >= 0.6 is 0 Å². The number of aromatic nitrogens is 2. The molecule has 4 nitrogen and oxygen atoms in total. The quantitative estimate of drug-likeness (QED) is 0.759. The van der Waals surface area contributed by atoms with Gasteiger partial charge in [-0.2, -0.15) is 0 Å². The molecule has 1 aromatic carbocycles. The van der Waals surface area contributed by atoms with Gasteiger partial charge < -0.3 is 10.3 Å². The van der Waals surface area contributed by atoms with E-state index in [1.807, 2.05) is 18.2 Å². The van der Waals surface area contributed by atoms with Crippen LogP contribution in [0.15, 0.2) is 24.5 Å². The molecule has 2 rings (SSSR count). The number of nitrogens with zero attached hydrogens (tertiary/aromatic N) is 1. The van der Waals surface area contributed by atoms with Crippen LogP contribution in [-0.4, -0.2) is 22.4 Å². The Morgan fingerprint density at radius 1 is 1.33 bits per heavy atom. The molecule has 4 heteroatoms. The van der Waals surface area contributed by atoms with Crippen molar-refractivity contribution in [1.82, 2.24) is 15.3 Å². The number of carbonyl (C=O) groups excluding carboxylic acids is 1. The summed E-state index contributed by atoms with van der Waals surface area (Å²) in [7, 11) is 0. The highest BCUT2D eigenvalue weighted by molar-refractivity contribution is 5.97. The van der Waals surface area contributed by atoms with Gasteiger partial charge in [0.05, 0.1) is 17.4 Å². The Labute approximate surface area is 126 Å². The third-order valence-electron chi connectivity index (χ3n) is 3.87. The number of benzene rings is 1. The molecule has 0 fully saturated rings. The van der Waals surface area contributed by atoms with Gasteiger partial charge in [0.2, 0.25) is 0 Å². The fourth-order valence-electron chi connectivity index (χ4n) is 2.44. The lowest BCUT2D eigenvalue weighted by molar-refractivity contribution is 0.0934. The third-order valence-corrected chi connectivity index (χ3v) is 3.87. The summed E-state index contributed by atoms with van der Waals surface area (Å²) in [5.74, 6) is -0.0185. The Morgan fingerprint density at radius 2 is 2.14 bits per heavy atom. The summed E-state index contributed by atoms with van der Waals surface area (Å²) >= 11 is 0. The van der Waals surface area contributed by atoms with E-state index in [0.717, 1.165) is 17.5 Å². The Kier molecular flexibility index (Phi) is 4.99. The lowest BCUT2D eigenvalue weighted by Gasteiger charge is -2.25. The molecule has 21 heavy (non-hydrogen) atoms. The Balaban J connectivity index is 1.91. The summed E-state index contributed by atoms with van der Waals surface area (Å²) in [6.07, 6.45) is 6.49. The molecule has 0 bridgehead atoms. The Hall–Kier alpha value is -1.84. The van der Waals surface area contributed by atoms with Gasteiger partial charge in [-0.1, -0.05) is 40.0 Å². The molecule has 0 atom stereocenters. The highest BCUT2D eigenvalue weighted by Crippen LogP contribution is 2.23. The fraction of sp³-hybridized carbons (Fsp3) is 0.529. The van der Waals surface area contributed by atoms with Gasteiger partial charge in [-0.3, -0.25) is 4.79 Å². The van der Waals surface area contributed by atoms with Gasteiger partial charge >= 0.3 is 0 Å². The summed E-state index contributed by atoms with van der Waals surface area (Å²) in [4.78, 5) is 19.4. The van der Waals surface area contributed by atoms with E-state index in [9.17, 15) is 4.79 Å². The molecule has 2 aromatic rings. The van der Waals surface area contributed by atoms with Crippen LogP contribution < -0.4 is 5.32 Å². The lowest BCUT2D eigenvalue weighted by atomic mass is 9.87. The fourth-order valence-corrected chi connectivity index (χ4v) is 2.44. The molecule has 114 valence electrons. The zero-order valence-corrected chi connectivity index (χ0v) is 13.2. The van der Waals surface area contributed by atoms with E-state index in [1.165, 1.54) is 19.3 Å². The van der Waals surface area contributed by atoms with Gasteiger partial charge in [0, 0.05) is 12.1 Å². The first-order chi connectivity index (χ1) is 10.0. The molecular formula is C17H25N3O. The van der Waals surface area contributed by atoms with E-state index in [-0.39, 0.29) is 11.3 Å². The number of aromatic amines is 1. The Bertz CT molecular complexity index is 601. The van der Waals surface area contributed by atoms with E-state index >= 15 is 0 Å². The van der Waals surface area contributed by atoms with E-state index in [1.54, 1.807) is 6.33 Å². The summed E-state index contributed by atoms with van der Waals surface area (Å²) in [6, 6.07) is 5.54. The number of H-pyrrole nitrogens is 1. The molecule has 0 spiro atoms. The molecule has 0 radical (unpaired) electrons. The average molecular weight is 287 g/mol. The smallest absolute Gasteiger partial charge is 0.251 e. The van der Waals surface area contributed by atoms with Crippen molar-refractivity contribution in [2.24, 2.45) is 5.41 Å². The van der Waals surface area contributed by atoms with E-state index < -0.39 is 0 Å². The van der Waals surface area contributed by atoms with Crippen LogP contribution in [0, 0.1) is 5.41 Å². The maximum atomic E-state index is 12.2. The highest BCUT2D eigenvalue weighted by Gasteiger charge is 2.18. The second-order valence-electron chi connectivity index (χ2n) is 6.44. The molecule has 1 aromatic heterocycles. The van der Waals surface area contributed by atoms with E-state index in [0.29, 0.717) is 12.1 Å². The summed E-state index contributed by atoms with van der Waals surface area (Å²) in [6.45, 7) is 7.33. The number of imidazole rings is 1. The zero-order chi connectivity index (χ0) is 15.3. The summed E-state index contributed by atoms with van der Waals surface area (Å²) in [5.41, 5.74) is 2.59. The van der Waals surface area contributed by atoms with Gasteiger partial charge in [0.15, 0.2) is 0 Å². The molecular weight excluding hydrogens is 262 g/mol. The first-order valence-electron chi connectivity index (χ1n) is 7.73. The minimum atomic E-state index is -0.0185. The number of hydrogen-bond acceptors (Lipinski definition) is 2. The lowest BCUT2D eigenvalue weighted by Crippen LogP contribution is -2.34. The van der Waals surface area contributed by atoms with Crippen molar-refractivity contribution < 1.29 is 4.79 Å². The Morgan fingerprint density at radius 3 is 2.90 bits per heavy atom. The molecule has 1 amide bonds. The van der Waals surface area contributed by atoms with E-state index in [2.05, 4.69) is 36.1 Å². The highest BCUT2D eigenvalue weighted by atomic mass is 16.1. The number of rotatable bonds is 7. The van der Waals surface area contributed by atoms with Crippen LogP contribution in [0.4, 0.5) is 0 Å². The molecule has 0 aliphatic carbocycles. The van der Waals surface area contributed by atoms with Crippen LogP contribution in [0.3, 0.4) is 0 Å². The van der Waals surface area contributed by atoms with Crippen molar-refractivity contribution >= 4 is 16.9 Å². The van der Waals surface area contributed by atoms with Gasteiger partial charge in [-0.05, 0) is 30.0 Å². The topological polar surface area (TPSA) is 57.8 Å². The predicted octanol–water partition coefficient (Wildman–Crippen LogP) is 3.90. The number of amides is 1. The van der Waals surface area contributed by atoms with Crippen molar-refractivity contribution in [3.63, 3.8) is 0 Å². The zero-order valence-electron chi connectivity index (χ0n) is 13.2. The van der Waals surface area contributed by atoms with Crippen molar-refractivity contribution in [3.05, 3.63) is 30.1 Å². The minimum absolute atomic E-state index is 0.0185. The van der Waals surface area contributed by atoms with Crippen molar-refractivity contribution in [2.45, 2.75) is 46.5 Å². The molecule has 0 unspecified atom stereocenters. The standard InChI is InChI=1S/C17H25N3O/c1-4-5-6-9-17(2,3)11-18-16(21)13-7-8-14-15(10-13)20-12-19-14/h7-8,10,12H,4-6,9,11H2,1-3H3,(H,18,21)(H,19,20). The molecule has 1 heterocycles. The molecule has 2 N–H and O–H groups in total. The second kappa shape index (κ2) is 6.74. The van der Waals surface area contributed by atoms with Gasteiger partial charge in [0.1, 0.15) is 0 Å². The SMILES string of the molecule is CCCCCC(C)(C)CNC(=O)c1ccc2nc[nH]c2c1. The number of hydrogen-bond donors (Lipinski definition) is 2. The first kappa shape index (κ1) is 15.5. The number of unbranched alkanes of at least 4 members (excludes halogenated alkanes) is 2. The first-order valence-corrected chi connectivity index (χ1v) is 7.73. The number of fused-ring (bicyclic) bond motifs is 1. The van der Waals surface area contributed by atoms with E-state index in [4.69, 9.17) is 0 Å². The summed E-state index contributed by atoms with van der Waals surface area (Å²) < 4.78 is 0.